The van der Waals surface area contributed by atoms with Gasteiger partial charge in [-0.1, -0.05) is 19.8 Å². The van der Waals surface area contributed by atoms with E-state index in [0.717, 1.165) is 24.9 Å². The van der Waals surface area contributed by atoms with Crippen molar-refractivity contribution in [1.82, 2.24) is 10.3 Å². The standard InChI is InChI=1S/C19H23N3O3/c1-3-4-5-10-21-18(23)15-11-17(13-20-12-15)22-16-8-6-14(7-9-16)19(24)25-2/h6-9,11-13,22H,3-5,10H2,1-2H3,(H,21,23). The summed E-state index contributed by atoms with van der Waals surface area (Å²) < 4.78 is 4.67. The van der Waals surface area contributed by atoms with E-state index >= 15 is 0 Å². The summed E-state index contributed by atoms with van der Waals surface area (Å²) in [5.74, 6) is -0.511. The van der Waals surface area contributed by atoms with Crippen LogP contribution in [-0.4, -0.2) is 30.5 Å². The van der Waals surface area contributed by atoms with Crippen LogP contribution in [0.1, 0.15) is 46.9 Å². The molecule has 0 bridgehead atoms. The SMILES string of the molecule is CCCCCNC(=O)c1cncc(Nc2ccc(C(=O)OC)cc2)c1. The molecule has 0 spiro atoms. The molecule has 1 amide bonds. The zero-order chi connectivity index (χ0) is 18.1. The number of ether oxygens (including phenoxy) is 1. The second-order valence-electron chi connectivity index (χ2n) is 5.62. The van der Waals surface area contributed by atoms with Crippen molar-refractivity contribution in [2.75, 3.05) is 19.0 Å². The molecule has 2 rings (SSSR count). The van der Waals surface area contributed by atoms with E-state index < -0.39 is 0 Å². The van der Waals surface area contributed by atoms with Gasteiger partial charge in [-0.2, -0.15) is 0 Å². The minimum absolute atomic E-state index is 0.131. The van der Waals surface area contributed by atoms with Crippen LogP contribution in [0.4, 0.5) is 11.4 Å². The molecule has 0 aliphatic carbocycles. The number of pyridine rings is 1. The molecule has 1 heterocycles. The smallest absolute Gasteiger partial charge is 0.337 e. The lowest BCUT2D eigenvalue weighted by atomic mass is 10.2. The Morgan fingerprint density at radius 2 is 1.80 bits per heavy atom. The molecular formula is C19H23N3O3. The summed E-state index contributed by atoms with van der Waals surface area (Å²) in [6.45, 7) is 2.79. The largest absolute Gasteiger partial charge is 0.465 e. The highest BCUT2D eigenvalue weighted by Gasteiger charge is 2.08. The van der Waals surface area contributed by atoms with Gasteiger partial charge in [0.1, 0.15) is 0 Å². The fourth-order valence-electron chi connectivity index (χ4n) is 2.29. The second kappa shape index (κ2) is 9.42. The summed E-state index contributed by atoms with van der Waals surface area (Å²) in [5.41, 5.74) is 2.47. The van der Waals surface area contributed by atoms with Crippen LogP contribution in [-0.2, 0) is 4.74 Å². The number of hydrogen-bond acceptors (Lipinski definition) is 5. The highest BCUT2D eigenvalue weighted by Crippen LogP contribution is 2.17. The first-order valence-electron chi connectivity index (χ1n) is 8.32. The van der Waals surface area contributed by atoms with E-state index in [2.05, 4.69) is 27.3 Å². The molecule has 0 saturated carbocycles. The molecule has 132 valence electrons. The molecular weight excluding hydrogens is 318 g/mol. The zero-order valence-corrected chi connectivity index (χ0v) is 14.5. The average molecular weight is 341 g/mol. The van der Waals surface area contributed by atoms with Crippen LogP contribution in [0.2, 0.25) is 0 Å². The van der Waals surface area contributed by atoms with E-state index in [1.165, 1.54) is 7.11 Å². The van der Waals surface area contributed by atoms with Crippen molar-refractivity contribution in [2.24, 2.45) is 0 Å². The molecule has 0 fully saturated rings. The first-order valence-corrected chi connectivity index (χ1v) is 8.32. The number of benzene rings is 1. The molecule has 0 saturated heterocycles. The Morgan fingerprint density at radius 1 is 1.04 bits per heavy atom. The van der Waals surface area contributed by atoms with Crippen LogP contribution in [0.25, 0.3) is 0 Å². The summed E-state index contributed by atoms with van der Waals surface area (Å²) in [6, 6.07) is 8.63. The summed E-state index contributed by atoms with van der Waals surface area (Å²) in [6.07, 6.45) is 6.37. The number of anilines is 2. The molecule has 0 unspecified atom stereocenters. The number of aromatic nitrogens is 1. The Bertz CT molecular complexity index is 714. The Kier molecular flexibility index (Phi) is 6.95. The van der Waals surface area contributed by atoms with Crippen molar-refractivity contribution in [3.63, 3.8) is 0 Å². The van der Waals surface area contributed by atoms with Crippen LogP contribution >= 0.6 is 0 Å². The van der Waals surface area contributed by atoms with Crippen molar-refractivity contribution in [3.05, 3.63) is 53.9 Å². The first-order chi connectivity index (χ1) is 12.1. The molecule has 25 heavy (non-hydrogen) atoms. The van der Waals surface area contributed by atoms with Gasteiger partial charge in [0.2, 0.25) is 0 Å². The molecule has 0 atom stereocenters. The molecule has 0 radical (unpaired) electrons. The fraction of sp³-hybridized carbons (Fsp3) is 0.316. The first kappa shape index (κ1) is 18.4. The van der Waals surface area contributed by atoms with Crippen molar-refractivity contribution >= 4 is 23.3 Å². The normalized spacial score (nSPS) is 10.2. The van der Waals surface area contributed by atoms with Crippen LogP contribution in [0.3, 0.4) is 0 Å². The molecule has 6 nitrogen and oxygen atoms in total. The van der Waals surface area contributed by atoms with Gasteiger partial charge in [0.25, 0.3) is 5.91 Å². The predicted octanol–water partition coefficient (Wildman–Crippen LogP) is 3.53. The number of nitrogens with zero attached hydrogens (tertiary/aromatic N) is 1. The maximum Gasteiger partial charge on any atom is 0.337 e. The van der Waals surface area contributed by atoms with E-state index in [4.69, 9.17) is 0 Å². The minimum Gasteiger partial charge on any atom is -0.465 e. The van der Waals surface area contributed by atoms with Gasteiger partial charge in [0.05, 0.1) is 30.1 Å². The van der Waals surface area contributed by atoms with E-state index in [0.29, 0.717) is 23.4 Å². The van der Waals surface area contributed by atoms with Crippen molar-refractivity contribution in [1.29, 1.82) is 0 Å². The number of amides is 1. The Morgan fingerprint density at radius 3 is 2.48 bits per heavy atom. The van der Waals surface area contributed by atoms with Crippen LogP contribution in [0, 0.1) is 0 Å². The number of rotatable bonds is 8. The number of unbranched alkanes of at least 4 members (excludes halogenated alkanes) is 2. The van der Waals surface area contributed by atoms with Gasteiger partial charge >= 0.3 is 5.97 Å². The van der Waals surface area contributed by atoms with Crippen molar-refractivity contribution < 1.29 is 14.3 Å². The van der Waals surface area contributed by atoms with E-state index in [1.54, 1.807) is 42.7 Å². The number of esters is 1. The molecule has 0 aliphatic rings. The van der Waals surface area contributed by atoms with E-state index in [-0.39, 0.29) is 11.9 Å². The molecule has 6 heteroatoms. The maximum atomic E-state index is 12.1. The highest BCUT2D eigenvalue weighted by molar-refractivity contribution is 5.95. The minimum atomic E-state index is -0.380. The second-order valence-corrected chi connectivity index (χ2v) is 5.62. The molecule has 2 N–H and O–H groups in total. The Labute approximate surface area is 147 Å². The topological polar surface area (TPSA) is 80.3 Å². The number of nitrogens with one attached hydrogen (secondary N) is 2. The fourth-order valence-corrected chi connectivity index (χ4v) is 2.29. The Hall–Kier alpha value is -2.89. The molecule has 1 aromatic carbocycles. The zero-order valence-electron chi connectivity index (χ0n) is 14.5. The van der Waals surface area contributed by atoms with Crippen LogP contribution < -0.4 is 10.6 Å². The average Bonchev–Trinajstić information content (AvgIpc) is 2.65. The van der Waals surface area contributed by atoms with E-state index in [9.17, 15) is 9.59 Å². The number of methoxy groups -OCH3 is 1. The summed E-state index contributed by atoms with van der Waals surface area (Å²) >= 11 is 0. The van der Waals surface area contributed by atoms with Crippen LogP contribution in [0.15, 0.2) is 42.7 Å². The molecule has 1 aromatic heterocycles. The van der Waals surface area contributed by atoms with Crippen molar-refractivity contribution in [3.8, 4) is 0 Å². The Balaban J connectivity index is 1.98. The molecule has 2 aromatic rings. The van der Waals surface area contributed by atoms with Gasteiger partial charge in [-0.3, -0.25) is 9.78 Å². The quantitative estimate of drug-likeness (QED) is 0.567. The lowest BCUT2D eigenvalue weighted by Gasteiger charge is -2.09. The van der Waals surface area contributed by atoms with Gasteiger partial charge in [-0.15, -0.1) is 0 Å². The van der Waals surface area contributed by atoms with Gasteiger partial charge < -0.3 is 15.4 Å². The van der Waals surface area contributed by atoms with Gasteiger partial charge in [-0.05, 0) is 36.8 Å². The third-order valence-electron chi connectivity index (χ3n) is 3.66. The summed E-state index contributed by atoms with van der Waals surface area (Å²) in [7, 11) is 1.35. The third-order valence-corrected chi connectivity index (χ3v) is 3.66. The number of carbonyl (C=O) groups is 2. The number of carbonyl (C=O) groups excluding carboxylic acids is 2. The van der Waals surface area contributed by atoms with Crippen molar-refractivity contribution in [2.45, 2.75) is 26.2 Å². The lowest BCUT2D eigenvalue weighted by molar-refractivity contribution is 0.0600. The monoisotopic (exact) mass is 341 g/mol. The van der Waals surface area contributed by atoms with Gasteiger partial charge in [0.15, 0.2) is 0 Å². The maximum absolute atomic E-state index is 12.1. The van der Waals surface area contributed by atoms with Gasteiger partial charge in [-0.25, -0.2) is 4.79 Å². The third kappa shape index (κ3) is 5.60. The lowest BCUT2D eigenvalue weighted by Crippen LogP contribution is -2.24. The summed E-state index contributed by atoms with van der Waals surface area (Å²) in [5, 5.41) is 6.06. The number of hydrogen-bond donors (Lipinski definition) is 2. The predicted molar refractivity (Wildman–Crippen MR) is 97.2 cm³/mol. The highest BCUT2D eigenvalue weighted by atomic mass is 16.5. The summed E-state index contributed by atoms with van der Waals surface area (Å²) in [4.78, 5) is 27.7. The molecule has 0 aliphatic heterocycles. The van der Waals surface area contributed by atoms with Gasteiger partial charge in [0, 0.05) is 18.4 Å². The van der Waals surface area contributed by atoms with E-state index in [1.807, 2.05) is 0 Å². The van der Waals surface area contributed by atoms with Crippen LogP contribution in [0.5, 0.6) is 0 Å².